The SMILES string of the molecule is COc1ccc(NC(=O)C[C@@H](c2ccc(C)cc2)c2ccco2)cc1. The van der Waals surface area contributed by atoms with E-state index in [1.54, 1.807) is 13.4 Å². The zero-order valence-electron chi connectivity index (χ0n) is 14.4. The van der Waals surface area contributed by atoms with Gasteiger partial charge in [0.2, 0.25) is 5.91 Å². The molecule has 0 radical (unpaired) electrons. The van der Waals surface area contributed by atoms with E-state index in [0.29, 0.717) is 6.42 Å². The Morgan fingerprint density at radius 2 is 1.80 bits per heavy atom. The number of hydrogen-bond acceptors (Lipinski definition) is 3. The molecule has 0 aliphatic heterocycles. The lowest BCUT2D eigenvalue weighted by molar-refractivity contribution is -0.116. The number of nitrogens with one attached hydrogen (secondary N) is 1. The summed E-state index contributed by atoms with van der Waals surface area (Å²) in [4.78, 5) is 12.5. The van der Waals surface area contributed by atoms with E-state index < -0.39 is 0 Å². The average molecular weight is 335 g/mol. The average Bonchev–Trinajstić information content (AvgIpc) is 3.15. The van der Waals surface area contributed by atoms with Crippen molar-refractivity contribution in [2.45, 2.75) is 19.3 Å². The number of amides is 1. The lowest BCUT2D eigenvalue weighted by Crippen LogP contribution is -2.16. The van der Waals surface area contributed by atoms with Crippen LogP contribution in [0.2, 0.25) is 0 Å². The Hall–Kier alpha value is -3.01. The van der Waals surface area contributed by atoms with E-state index in [1.165, 1.54) is 5.56 Å². The van der Waals surface area contributed by atoms with Crippen LogP contribution in [0.3, 0.4) is 0 Å². The first-order valence-electron chi connectivity index (χ1n) is 8.19. The monoisotopic (exact) mass is 335 g/mol. The van der Waals surface area contributed by atoms with E-state index in [-0.39, 0.29) is 11.8 Å². The molecule has 1 amide bonds. The van der Waals surface area contributed by atoms with Gasteiger partial charge in [0.25, 0.3) is 0 Å². The van der Waals surface area contributed by atoms with Gasteiger partial charge in [-0.3, -0.25) is 4.79 Å². The van der Waals surface area contributed by atoms with Gasteiger partial charge in [0, 0.05) is 12.1 Å². The first-order valence-corrected chi connectivity index (χ1v) is 8.19. The maximum atomic E-state index is 12.5. The molecule has 1 aromatic heterocycles. The first kappa shape index (κ1) is 16.8. The molecule has 3 aromatic rings. The number of carbonyl (C=O) groups is 1. The zero-order valence-corrected chi connectivity index (χ0v) is 14.4. The molecule has 3 rings (SSSR count). The Morgan fingerprint density at radius 1 is 1.08 bits per heavy atom. The van der Waals surface area contributed by atoms with Gasteiger partial charge in [0.05, 0.1) is 19.3 Å². The summed E-state index contributed by atoms with van der Waals surface area (Å²) in [5, 5.41) is 2.93. The molecule has 0 spiro atoms. The summed E-state index contributed by atoms with van der Waals surface area (Å²) in [6.45, 7) is 2.04. The highest BCUT2D eigenvalue weighted by Crippen LogP contribution is 2.29. The minimum Gasteiger partial charge on any atom is -0.497 e. The summed E-state index contributed by atoms with van der Waals surface area (Å²) in [5.41, 5.74) is 2.99. The molecule has 25 heavy (non-hydrogen) atoms. The van der Waals surface area contributed by atoms with Crippen molar-refractivity contribution in [1.29, 1.82) is 0 Å². The van der Waals surface area contributed by atoms with Crippen LogP contribution < -0.4 is 10.1 Å². The third kappa shape index (κ3) is 4.29. The van der Waals surface area contributed by atoms with Gasteiger partial charge >= 0.3 is 0 Å². The Bertz CT molecular complexity index is 805. The van der Waals surface area contributed by atoms with Crippen molar-refractivity contribution in [3.63, 3.8) is 0 Å². The molecule has 0 bridgehead atoms. The molecule has 1 N–H and O–H groups in total. The predicted octanol–water partition coefficient (Wildman–Crippen LogP) is 4.76. The highest BCUT2D eigenvalue weighted by molar-refractivity contribution is 5.91. The number of aryl methyl sites for hydroxylation is 1. The van der Waals surface area contributed by atoms with Crippen molar-refractivity contribution in [3.8, 4) is 5.75 Å². The van der Waals surface area contributed by atoms with Crippen LogP contribution in [-0.4, -0.2) is 13.0 Å². The van der Waals surface area contributed by atoms with Gasteiger partial charge in [-0.25, -0.2) is 0 Å². The molecular weight excluding hydrogens is 314 g/mol. The summed E-state index contributed by atoms with van der Waals surface area (Å²) >= 11 is 0. The van der Waals surface area contributed by atoms with Gasteiger partial charge in [0.1, 0.15) is 11.5 Å². The number of furan rings is 1. The van der Waals surface area contributed by atoms with E-state index in [1.807, 2.05) is 67.6 Å². The van der Waals surface area contributed by atoms with Gasteiger partial charge < -0.3 is 14.5 Å². The molecule has 0 aliphatic carbocycles. The summed E-state index contributed by atoms with van der Waals surface area (Å²) in [6.07, 6.45) is 1.94. The summed E-state index contributed by atoms with van der Waals surface area (Å²) in [6, 6.07) is 19.2. The number of carbonyl (C=O) groups excluding carboxylic acids is 1. The normalized spacial score (nSPS) is 11.8. The van der Waals surface area contributed by atoms with Crippen molar-refractivity contribution in [1.82, 2.24) is 0 Å². The van der Waals surface area contributed by atoms with Crippen LogP contribution in [0.15, 0.2) is 71.3 Å². The quantitative estimate of drug-likeness (QED) is 0.707. The first-order chi connectivity index (χ1) is 12.2. The van der Waals surface area contributed by atoms with E-state index >= 15 is 0 Å². The second-order valence-corrected chi connectivity index (χ2v) is 5.96. The molecule has 1 atom stereocenters. The lowest BCUT2D eigenvalue weighted by Gasteiger charge is -2.15. The molecule has 2 aromatic carbocycles. The maximum absolute atomic E-state index is 12.5. The van der Waals surface area contributed by atoms with Crippen LogP contribution in [-0.2, 0) is 4.79 Å². The Morgan fingerprint density at radius 3 is 2.40 bits per heavy atom. The molecule has 128 valence electrons. The van der Waals surface area contributed by atoms with Crippen LogP contribution in [0, 0.1) is 6.92 Å². The predicted molar refractivity (Wildman–Crippen MR) is 98.0 cm³/mol. The number of methoxy groups -OCH3 is 1. The Kier molecular flexibility index (Phi) is 5.19. The molecule has 0 saturated carbocycles. The highest BCUT2D eigenvalue weighted by atomic mass is 16.5. The van der Waals surface area contributed by atoms with Crippen molar-refractivity contribution in [3.05, 3.63) is 83.8 Å². The molecule has 0 unspecified atom stereocenters. The number of ether oxygens (including phenoxy) is 1. The largest absolute Gasteiger partial charge is 0.497 e. The number of benzene rings is 2. The van der Waals surface area contributed by atoms with Crippen molar-refractivity contribution < 1.29 is 13.9 Å². The van der Waals surface area contributed by atoms with Crippen LogP contribution in [0.25, 0.3) is 0 Å². The lowest BCUT2D eigenvalue weighted by atomic mass is 9.92. The molecule has 0 saturated heterocycles. The fourth-order valence-corrected chi connectivity index (χ4v) is 2.74. The molecule has 4 heteroatoms. The molecule has 0 fully saturated rings. The standard InChI is InChI=1S/C21H21NO3/c1-15-5-7-16(8-6-15)19(20-4-3-13-25-20)14-21(23)22-17-9-11-18(24-2)12-10-17/h3-13,19H,14H2,1-2H3,(H,22,23)/t19-/m0/s1. The minimum absolute atomic E-state index is 0.0628. The van der Waals surface area contributed by atoms with Gasteiger partial charge in [-0.1, -0.05) is 29.8 Å². The minimum atomic E-state index is -0.117. The summed E-state index contributed by atoms with van der Waals surface area (Å²) in [5.74, 6) is 1.36. The Labute approximate surface area is 147 Å². The van der Waals surface area contributed by atoms with Crippen molar-refractivity contribution in [2.24, 2.45) is 0 Å². The van der Waals surface area contributed by atoms with Crippen molar-refractivity contribution >= 4 is 11.6 Å². The number of anilines is 1. The second-order valence-electron chi connectivity index (χ2n) is 5.96. The third-order valence-corrected chi connectivity index (χ3v) is 4.13. The van der Waals surface area contributed by atoms with Gasteiger partial charge in [0.15, 0.2) is 0 Å². The van der Waals surface area contributed by atoms with Crippen LogP contribution in [0.1, 0.15) is 29.2 Å². The highest BCUT2D eigenvalue weighted by Gasteiger charge is 2.20. The smallest absolute Gasteiger partial charge is 0.225 e. The molecular formula is C21H21NO3. The van der Waals surface area contributed by atoms with Crippen LogP contribution in [0.4, 0.5) is 5.69 Å². The topological polar surface area (TPSA) is 51.5 Å². The van der Waals surface area contributed by atoms with Crippen LogP contribution in [0.5, 0.6) is 5.75 Å². The molecule has 4 nitrogen and oxygen atoms in total. The Balaban J connectivity index is 1.75. The van der Waals surface area contributed by atoms with E-state index in [9.17, 15) is 4.79 Å². The maximum Gasteiger partial charge on any atom is 0.225 e. The zero-order chi connectivity index (χ0) is 17.6. The van der Waals surface area contributed by atoms with Gasteiger partial charge in [-0.15, -0.1) is 0 Å². The molecule has 1 heterocycles. The second kappa shape index (κ2) is 7.71. The fraction of sp³-hybridized carbons (Fsp3) is 0.190. The fourth-order valence-electron chi connectivity index (χ4n) is 2.74. The van der Waals surface area contributed by atoms with Crippen molar-refractivity contribution in [2.75, 3.05) is 12.4 Å². The van der Waals surface area contributed by atoms with E-state index in [4.69, 9.17) is 9.15 Å². The number of rotatable bonds is 6. The third-order valence-electron chi connectivity index (χ3n) is 4.13. The summed E-state index contributed by atoms with van der Waals surface area (Å²) < 4.78 is 10.7. The van der Waals surface area contributed by atoms with E-state index in [2.05, 4.69) is 5.32 Å². The van der Waals surface area contributed by atoms with Gasteiger partial charge in [-0.2, -0.15) is 0 Å². The molecule has 0 aliphatic rings. The van der Waals surface area contributed by atoms with Crippen LogP contribution >= 0.6 is 0 Å². The number of hydrogen-bond donors (Lipinski definition) is 1. The summed E-state index contributed by atoms with van der Waals surface area (Å²) in [7, 11) is 1.61. The van der Waals surface area contributed by atoms with E-state index in [0.717, 1.165) is 22.8 Å². The van der Waals surface area contributed by atoms with Gasteiger partial charge in [-0.05, 0) is 48.9 Å².